The topological polar surface area (TPSA) is 148 Å². The van der Waals surface area contributed by atoms with Crippen LogP contribution in [-0.4, -0.2) is 44.7 Å². The van der Waals surface area contributed by atoms with Crippen molar-refractivity contribution in [1.82, 2.24) is 20.4 Å². The van der Waals surface area contributed by atoms with Crippen molar-refractivity contribution in [2.45, 2.75) is 0 Å². The summed E-state index contributed by atoms with van der Waals surface area (Å²) in [4.78, 5) is 55.9. The lowest BCUT2D eigenvalue weighted by Crippen LogP contribution is -2.45. The van der Waals surface area contributed by atoms with Gasteiger partial charge in [-0.25, -0.2) is 4.98 Å². The van der Waals surface area contributed by atoms with Crippen LogP contribution < -0.4 is 10.2 Å². The van der Waals surface area contributed by atoms with Gasteiger partial charge in [0, 0.05) is 23.3 Å². The third-order valence-corrected chi connectivity index (χ3v) is 5.40. The van der Waals surface area contributed by atoms with E-state index in [1.165, 1.54) is 12.1 Å². The van der Waals surface area contributed by atoms with Gasteiger partial charge in [-0.2, -0.15) is 5.01 Å². The summed E-state index contributed by atoms with van der Waals surface area (Å²) < 4.78 is 5.16. The standard InChI is InChI=1S/C23H15N5O6/c1-34-15-6-2-12(3-7-15)20-24-18-9-4-13(10-19(18)25-20)21(29)26-27-22(30)16-8-5-14(28(32)33)11-17(16)23(27)31/h2-11H,1H3,(H,24,25)(H,26,29). The number of non-ortho nitro benzene ring substituents is 1. The lowest BCUT2D eigenvalue weighted by molar-refractivity contribution is -0.384. The number of hydrogen-bond acceptors (Lipinski definition) is 7. The van der Waals surface area contributed by atoms with Crippen molar-refractivity contribution in [3.63, 3.8) is 0 Å². The molecular formula is C23H15N5O6. The number of aromatic nitrogens is 2. The Kier molecular flexibility index (Phi) is 4.79. The lowest BCUT2D eigenvalue weighted by atomic mass is 10.1. The predicted molar refractivity (Wildman–Crippen MR) is 119 cm³/mol. The lowest BCUT2D eigenvalue weighted by Gasteiger charge is -2.14. The van der Waals surface area contributed by atoms with E-state index in [0.29, 0.717) is 27.6 Å². The van der Waals surface area contributed by atoms with Crippen LogP contribution in [0.3, 0.4) is 0 Å². The molecule has 4 aromatic rings. The highest BCUT2D eigenvalue weighted by Crippen LogP contribution is 2.27. The fourth-order valence-corrected chi connectivity index (χ4v) is 3.65. The van der Waals surface area contributed by atoms with E-state index in [1.54, 1.807) is 31.4 Å². The molecule has 0 bridgehead atoms. The molecule has 1 aromatic heterocycles. The van der Waals surface area contributed by atoms with E-state index < -0.39 is 22.6 Å². The molecule has 34 heavy (non-hydrogen) atoms. The van der Waals surface area contributed by atoms with Crippen LogP contribution in [0.2, 0.25) is 0 Å². The van der Waals surface area contributed by atoms with Crippen molar-refractivity contribution < 1.29 is 24.0 Å². The van der Waals surface area contributed by atoms with Crippen molar-refractivity contribution in [2.75, 3.05) is 7.11 Å². The smallest absolute Gasteiger partial charge is 0.280 e. The number of benzene rings is 3. The normalized spacial score (nSPS) is 12.7. The maximum atomic E-state index is 12.8. The number of fused-ring (bicyclic) bond motifs is 2. The van der Waals surface area contributed by atoms with Gasteiger partial charge in [-0.05, 0) is 48.5 Å². The van der Waals surface area contributed by atoms with Gasteiger partial charge in [0.05, 0.1) is 34.2 Å². The van der Waals surface area contributed by atoms with E-state index in [9.17, 15) is 24.5 Å². The highest BCUT2D eigenvalue weighted by molar-refractivity contribution is 6.22. The number of amides is 3. The van der Waals surface area contributed by atoms with E-state index >= 15 is 0 Å². The second kappa shape index (κ2) is 7.81. The molecule has 0 unspecified atom stereocenters. The molecule has 1 aliphatic heterocycles. The van der Waals surface area contributed by atoms with Gasteiger partial charge in [-0.1, -0.05) is 0 Å². The Bertz CT molecular complexity index is 1510. The van der Waals surface area contributed by atoms with E-state index in [1.807, 2.05) is 12.1 Å². The zero-order valence-corrected chi connectivity index (χ0v) is 17.6. The number of nitrogens with one attached hydrogen (secondary N) is 2. The summed E-state index contributed by atoms with van der Waals surface area (Å²) in [7, 11) is 1.58. The van der Waals surface area contributed by atoms with Crippen LogP contribution >= 0.6 is 0 Å². The molecule has 0 radical (unpaired) electrons. The minimum atomic E-state index is -0.846. The van der Waals surface area contributed by atoms with Crippen LogP contribution in [0.5, 0.6) is 5.75 Å². The SMILES string of the molecule is COc1ccc(-c2nc3ccc(C(=O)NN4C(=O)c5ccc([N+](=O)[O-])cc5C4=O)cc3[nH]2)cc1. The highest BCUT2D eigenvalue weighted by Gasteiger charge is 2.38. The number of aromatic amines is 1. The summed E-state index contributed by atoms with van der Waals surface area (Å²) in [5.74, 6) is -1.01. The number of H-pyrrole nitrogens is 1. The van der Waals surface area contributed by atoms with Gasteiger partial charge in [0.25, 0.3) is 23.4 Å². The van der Waals surface area contributed by atoms with Gasteiger partial charge in [0.2, 0.25) is 0 Å². The van der Waals surface area contributed by atoms with Crippen LogP contribution in [-0.2, 0) is 0 Å². The number of imidazole rings is 1. The molecule has 0 fully saturated rings. The van der Waals surface area contributed by atoms with E-state index in [0.717, 1.165) is 17.7 Å². The Morgan fingerprint density at radius 2 is 1.76 bits per heavy atom. The third-order valence-electron chi connectivity index (χ3n) is 5.40. The van der Waals surface area contributed by atoms with E-state index in [4.69, 9.17) is 4.74 Å². The van der Waals surface area contributed by atoms with Crippen molar-refractivity contribution in [1.29, 1.82) is 0 Å². The first-order valence-corrected chi connectivity index (χ1v) is 9.98. The van der Waals surface area contributed by atoms with Crippen LogP contribution in [0, 0.1) is 10.1 Å². The summed E-state index contributed by atoms with van der Waals surface area (Å²) in [6.45, 7) is 0. The Labute approximate surface area is 191 Å². The van der Waals surface area contributed by atoms with Crippen LogP contribution in [0.15, 0.2) is 60.7 Å². The molecule has 2 heterocycles. The summed E-state index contributed by atoms with van der Waals surface area (Å²) >= 11 is 0. The average molecular weight is 457 g/mol. The maximum Gasteiger partial charge on any atom is 0.280 e. The van der Waals surface area contributed by atoms with Gasteiger partial charge < -0.3 is 9.72 Å². The molecule has 5 rings (SSSR count). The number of rotatable bonds is 5. The number of nitrogens with zero attached hydrogens (tertiary/aromatic N) is 3. The van der Waals surface area contributed by atoms with Gasteiger partial charge in [0.15, 0.2) is 0 Å². The molecule has 0 atom stereocenters. The number of carbonyl (C=O) groups excluding carboxylic acids is 3. The first-order chi connectivity index (χ1) is 16.4. The average Bonchev–Trinajstić information content (AvgIpc) is 3.38. The fourth-order valence-electron chi connectivity index (χ4n) is 3.65. The molecule has 1 aliphatic rings. The second-order valence-electron chi connectivity index (χ2n) is 7.42. The zero-order valence-electron chi connectivity index (χ0n) is 17.6. The Morgan fingerprint density at radius 3 is 2.47 bits per heavy atom. The molecule has 3 amide bonds. The van der Waals surface area contributed by atoms with Crippen molar-refractivity contribution in [3.05, 3.63) is 87.5 Å². The first-order valence-electron chi connectivity index (χ1n) is 9.98. The molecule has 0 saturated carbocycles. The molecule has 11 nitrogen and oxygen atoms in total. The largest absolute Gasteiger partial charge is 0.497 e. The van der Waals surface area contributed by atoms with Crippen molar-refractivity contribution in [3.8, 4) is 17.1 Å². The number of nitro groups is 1. The number of hydrogen-bond donors (Lipinski definition) is 2. The second-order valence-corrected chi connectivity index (χ2v) is 7.42. The fraction of sp³-hybridized carbons (Fsp3) is 0.0435. The maximum absolute atomic E-state index is 12.8. The number of imide groups is 1. The quantitative estimate of drug-likeness (QED) is 0.266. The Hall–Kier alpha value is -5.06. The minimum absolute atomic E-state index is 0.0240. The first kappa shape index (κ1) is 20.8. The van der Waals surface area contributed by atoms with Crippen LogP contribution in [0.4, 0.5) is 5.69 Å². The van der Waals surface area contributed by atoms with Gasteiger partial charge in [0.1, 0.15) is 11.6 Å². The summed E-state index contributed by atoms with van der Waals surface area (Å²) in [6.07, 6.45) is 0. The van der Waals surface area contributed by atoms with Crippen LogP contribution in [0.25, 0.3) is 22.4 Å². The number of ether oxygens (including phenoxy) is 1. The number of methoxy groups -OCH3 is 1. The molecule has 11 heteroatoms. The molecular weight excluding hydrogens is 442 g/mol. The highest BCUT2D eigenvalue weighted by atomic mass is 16.6. The minimum Gasteiger partial charge on any atom is -0.497 e. The van der Waals surface area contributed by atoms with Gasteiger partial charge in [-0.15, -0.1) is 0 Å². The Balaban J connectivity index is 1.38. The van der Waals surface area contributed by atoms with Crippen LogP contribution in [0.1, 0.15) is 31.1 Å². The molecule has 168 valence electrons. The number of carbonyl (C=O) groups is 3. The molecule has 3 aromatic carbocycles. The van der Waals surface area contributed by atoms with Gasteiger partial charge >= 0.3 is 0 Å². The monoisotopic (exact) mass is 457 g/mol. The van der Waals surface area contributed by atoms with Crippen molar-refractivity contribution >= 4 is 34.4 Å². The van der Waals surface area contributed by atoms with Crippen molar-refractivity contribution in [2.24, 2.45) is 0 Å². The van der Waals surface area contributed by atoms with E-state index in [-0.39, 0.29) is 22.4 Å². The molecule has 0 spiro atoms. The Morgan fingerprint density at radius 1 is 1.03 bits per heavy atom. The summed E-state index contributed by atoms with van der Waals surface area (Å²) in [5.41, 5.74) is 3.99. The summed E-state index contributed by atoms with van der Waals surface area (Å²) in [5, 5.41) is 11.5. The van der Waals surface area contributed by atoms with E-state index in [2.05, 4.69) is 15.4 Å². The zero-order chi connectivity index (χ0) is 24.0. The number of hydrazine groups is 1. The predicted octanol–water partition coefficient (Wildman–Crippen LogP) is 3.09. The summed E-state index contributed by atoms with van der Waals surface area (Å²) in [6, 6.07) is 15.3. The van der Waals surface area contributed by atoms with Gasteiger partial charge in [-0.3, -0.25) is 29.9 Å². The molecule has 2 N–H and O–H groups in total. The molecule has 0 saturated heterocycles. The molecule has 0 aliphatic carbocycles. The third kappa shape index (κ3) is 3.41. The number of nitro benzene ring substituents is 1.